The lowest BCUT2D eigenvalue weighted by Crippen LogP contribution is -2.52. The maximum atomic E-state index is 12.5. The largest absolute Gasteiger partial charge is 0.366 e. The maximum Gasteiger partial charge on any atom is 0.315 e. The quantitative estimate of drug-likeness (QED) is 0.520. The molecule has 0 heterocycles. The lowest BCUT2D eigenvalue weighted by Gasteiger charge is -2.22. The van der Waals surface area contributed by atoms with Crippen LogP contribution in [0.4, 0.5) is 4.79 Å². The fourth-order valence-electron chi connectivity index (χ4n) is 2.83. The number of carbonyl (C=O) groups excluding carboxylic acids is 3. The number of hydrogen-bond donors (Lipinski definition) is 4. The number of hydrogen-bond acceptors (Lipinski definition) is 3. The molecule has 0 aliphatic rings. The first-order chi connectivity index (χ1) is 13.9. The second kappa shape index (κ2) is 10.8. The van der Waals surface area contributed by atoms with Crippen molar-refractivity contribution in [3.8, 4) is 0 Å². The van der Waals surface area contributed by atoms with Gasteiger partial charge in [-0.25, -0.2) is 4.79 Å². The van der Waals surface area contributed by atoms with E-state index in [-0.39, 0.29) is 11.8 Å². The lowest BCUT2D eigenvalue weighted by atomic mass is 10.0. The second-order valence-electron chi connectivity index (χ2n) is 7.14. The summed E-state index contributed by atoms with van der Waals surface area (Å²) in [7, 11) is 0. The molecule has 0 saturated carbocycles. The molecule has 0 aliphatic heterocycles. The molecule has 2 aromatic rings. The Labute approximate surface area is 171 Å². The molecule has 29 heavy (non-hydrogen) atoms. The first kappa shape index (κ1) is 21.9. The Kier molecular flexibility index (Phi) is 8.21. The van der Waals surface area contributed by atoms with E-state index in [1.54, 1.807) is 18.2 Å². The van der Waals surface area contributed by atoms with E-state index < -0.39 is 18.0 Å². The fraction of sp³-hybridized carbons (Fsp3) is 0.318. The zero-order chi connectivity index (χ0) is 21.2. The van der Waals surface area contributed by atoms with E-state index in [0.717, 1.165) is 11.1 Å². The first-order valence-electron chi connectivity index (χ1n) is 9.61. The lowest BCUT2D eigenvalue weighted by molar-refractivity contribution is -0.123. The monoisotopic (exact) mass is 396 g/mol. The van der Waals surface area contributed by atoms with Crippen LogP contribution < -0.4 is 21.7 Å². The van der Waals surface area contributed by atoms with Gasteiger partial charge in [0.15, 0.2) is 0 Å². The van der Waals surface area contributed by atoms with E-state index in [0.29, 0.717) is 25.1 Å². The third kappa shape index (κ3) is 7.29. The van der Waals surface area contributed by atoms with Crippen molar-refractivity contribution in [2.24, 2.45) is 11.7 Å². The molecular formula is C22H28N4O3. The molecule has 2 aromatic carbocycles. The van der Waals surface area contributed by atoms with Crippen LogP contribution in [0.3, 0.4) is 0 Å². The molecule has 7 nitrogen and oxygen atoms in total. The predicted molar refractivity (Wildman–Crippen MR) is 112 cm³/mol. The maximum absolute atomic E-state index is 12.5. The van der Waals surface area contributed by atoms with E-state index in [9.17, 15) is 14.4 Å². The van der Waals surface area contributed by atoms with Crippen molar-refractivity contribution < 1.29 is 14.4 Å². The zero-order valence-electron chi connectivity index (χ0n) is 16.8. The van der Waals surface area contributed by atoms with Crippen LogP contribution in [0.25, 0.3) is 0 Å². The Morgan fingerprint density at radius 2 is 1.62 bits per heavy atom. The molecule has 0 saturated heterocycles. The SMILES string of the molecule is CC(C)C(NC(=O)NCc1ccccc1)C(=O)NCCc1cccc(C(N)=O)c1. The standard InChI is InChI=1S/C22H28N4O3/c1-15(2)19(26-22(29)25-14-17-7-4-3-5-8-17)21(28)24-12-11-16-9-6-10-18(13-16)20(23)27/h3-10,13,15,19H,11-12,14H2,1-2H3,(H2,23,27)(H,24,28)(H2,25,26,29). The molecule has 0 aliphatic carbocycles. The molecule has 5 N–H and O–H groups in total. The van der Waals surface area contributed by atoms with Crippen LogP contribution in [0, 0.1) is 5.92 Å². The molecule has 4 amide bonds. The molecule has 0 aromatic heterocycles. The van der Waals surface area contributed by atoms with Gasteiger partial charge in [-0.05, 0) is 35.6 Å². The van der Waals surface area contributed by atoms with Gasteiger partial charge in [0.05, 0.1) is 0 Å². The van der Waals surface area contributed by atoms with Gasteiger partial charge in [0.1, 0.15) is 6.04 Å². The van der Waals surface area contributed by atoms with Crippen LogP contribution in [0.5, 0.6) is 0 Å². The molecule has 0 bridgehead atoms. The molecule has 154 valence electrons. The number of primary amides is 1. The van der Waals surface area contributed by atoms with E-state index in [2.05, 4.69) is 16.0 Å². The summed E-state index contributed by atoms with van der Waals surface area (Å²) in [6, 6.07) is 15.5. The van der Waals surface area contributed by atoms with Gasteiger partial charge < -0.3 is 21.7 Å². The van der Waals surface area contributed by atoms with Gasteiger partial charge in [0.2, 0.25) is 11.8 Å². The number of amides is 4. The highest BCUT2D eigenvalue weighted by molar-refractivity contribution is 5.92. The highest BCUT2D eigenvalue weighted by Gasteiger charge is 2.23. The van der Waals surface area contributed by atoms with Crippen molar-refractivity contribution >= 4 is 17.8 Å². The predicted octanol–water partition coefficient (Wildman–Crippen LogP) is 1.97. The average molecular weight is 396 g/mol. The van der Waals surface area contributed by atoms with Crippen LogP contribution in [-0.2, 0) is 17.8 Å². The van der Waals surface area contributed by atoms with Crippen LogP contribution in [0.15, 0.2) is 54.6 Å². The summed E-state index contributed by atoms with van der Waals surface area (Å²) in [6.07, 6.45) is 0.553. The number of urea groups is 1. The van der Waals surface area contributed by atoms with Crippen LogP contribution in [-0.4, -0.2) is 30.4 Å². The Morgan fingerprint density at radius 1 is 0.931 bits per heavy atom. The zero-order valence-corrected chi connectivity index (χ0v) is 16.8. The number of nitrogens with two attached hydrogens (primary N) is 1. The van der Waals surface area contributed by atoms with E-state index >= 15 is 0 Å². The van der Waals surface area contributed by atoms with E-state index in [1.807, 2.05) is 50.2 Å². The molecule has 0 fully saturated rings. The third-order valence-electron chi connectivity index (χ3n) is 4.46. The van der Waals surface area contributed by atoms with Crippen molar-refractivity contribution in [2.75, 3.05) is 6.54 Å². The summed E-state index contributed by atoms with van der Waals surface area (Å²) in [5, 5.41) is 8.34. The Morgan fingerprint density at radius 3 is 2.28 bits per heavy atom. The van der Waals surface area contributed by atoms with Crippen LogP contribution in [0.2, 0.25) is 0 Å². The first-order valence-corrected chi connectivity index (χ1v) is 9.61. The normalized spacial score (nSPS) is 11.6. The molecule has 0 spiro atoms. The highest BCUT2D eigenvalue weighted by Crippen LogP contribution is 2.06. The third-order valence-corrected chi connectivity index (χ3v) is 4.46. The van der Waals surface area contributed by atoms with Crippen molar-refractivity contribution in [3.63, 3.8) is 0 Å². The Bertz CT molecular complexity index is 837. The molecule has 2 rings (SSSR count). The molecule has 1 unspecified atom stereocenters. The van der Waals surface area contributed by atoms with Crippen molar-refractivity contribution in [3.05, 3.63) is 71.3 Å². The van der Waals surface area contributed by atoms with Crippen molar-refractivity contribution in [1.29, 1.82) is 0 Å². The van der Waals surface area contributed by atoms with Gasteiger partial charge in [0.25, 0.3) is 0 Å². The Balaban J connectivity index is 1.83. The summed E-state index contributed by atoms with van der Waals surface area (Å²) in [6.45, 7) is 4.52. The van der Waals surface area contributed by atoms with Crippen molar-refractivity contribution in [2.45, 2.75) is 32.9 Å². The Hall–Kier alpha value is -3.35. The summed E-state index contributed by atoms with van der Waals surface area (Å²) in [5.74, 6) is -0.807. The molecule has 7 heteroatoms. The van der Waals surface area contributed by atoms with E-state index in [4.69, 9.17) is 5.73 Å². The van der Waals surface area contributed by atoms with E-state index in [1.165, 1.54) is 0 Å². The fourth-order valence-corrected chi connectivity index (χ4v) is 2.83. The van der Waals surface area contributed by atoms with Gasteiger partial charge in [-0.3, -0.25) is 9.59 Å². The number of rotatable bonds is 9. The number of benzene rings is 2. The molecular weight excluding hydrogens is 368 g/mol. The molecule has 1 atom stereocenters. The smallest absolute Gasteiger partial charge is 0.315 e. The van der Waals surface area contributed by atoms with Gasteiger partial charge in [-0.2, -0.15) is 0 Å². The highest BCUT2D eigenvalue weighted by atomic mass is 16.2. The van der Waals surface area contributed by atoms with Gasteiger partial charge in [0, 0.05) is 18.7 Å². The van der Waals surface area contributed by atoms with Gasteiger partial charge in [-0.15, -0.1) is 0 Å². The number of nitrogens with one attached hydrogen (secondary N) is 3. The topological polar surface area (TPSA) is 113 Å². The van der Waals surface area contributed by atoms with Crippen molar-refractivity contribution in [1.82, 2.24) is 16.0 Å². The summed E-state index contributed by atoms with van der Waals surface area (Å²) >= 11 is 0. The average Bonchev–Trinajstić information content (AvgIpc) is 2.71. The number of carbonyl (C=O) groups is 3. The van der Waals surface area contributed by atoms with Gasteiger partial charge in [-0.1, -0.05) is 56.3 Å². The summed E-state index contributed by atoms with van der Waals surface area (Å²) < 4.78 is 0. The minimum absolute atomic E-state index is 0.0735. The second-order valence-corrected chi connectivity index (χ2v) is 7.14. The van der Waals surface area contributed by atoms with Crippen LogP contribution in [0.1, 0.15) is 35.3 Å². The minimum atomic E-state index is -0.650. The van der Waals surface area contributed by atoms with Gasteiger partial charge >= 0.3 is 6.03 Å². The summed E-state index contributed by atoms with van der Waals surface area (Å²) in [5.41, 5.74) is 7.60. The molecule has 0 radical (unpaired) electrons. The summed E-state index contributed by atoms with van der Waals surface area (Å²) in [4.78, 5) is 36.0. The minimum Gasteiger partial charge on any atom is -0.366 e. The van der Waals surface area contributed by atoms with Crippen LogP contribution >= 0.6 is 0 Å².